The Balaban J connectivity index is 2.28. The van der Waals surface area contributed by atoms with Crippen LogP contribution in [0.4, 0.5) is 5.69 Å². The maximum absolute atomic E-state index is 12.3. The number of anilines is 1. The van der Waals surface area contributed by atoms with E-state index in [1.807, 2.05) is 19.1 Å². The number of pyridine rings is 1. The predicted octanol–water partition coefficient (Wildman–Crippen LogP) is 2.25. The smallest absolute Gasteiger partial charge is 0.244 e. The molecule has 2 aromatic rings. The van der Waals surface area contributed by atoms with Gasteiger partial charge in [0.2, 0.25) is 10.0 Å². The zero-order chi connectivity index (χ0) is 15.5. The van der Waals surface area contributed by atoms with E-state index in [0.717, 1.165) is 11.1 Å². The molecular weight excluding hydrogens is 286 g/mol. The van der Waals surface area contributed by atoms with E-state index in [4.69, 9.17) is 0 Å². The number of benzene rings is 1. The van der Waals surface area contributed by atoms with Gasteiger partial charge in [-0.05, 0) is 36.2 Å². The van der Waals surface area contributed by atoms with Crippen molar-refractivity contribution in [3.05, 3.63) is 53.9 Å². The zero-order valence-electron chi connectivity index (χ0n) is 12.4. The summed E-state index contributed by atoms with van der Waals surface area (Å²) in [5.74, 6) is 0. The molecule has 1 heterocycles. The normalized spacial score (nSPS) is 11.6. The molecule has 0 aliphatic rings. The van der Waals surface area contributed by atoms with Crippen LogP contribution < -0.4 is 5.32 Å². The van der Waals surface area contributed by atoms with Crippen LogP contribution in [0.5, 0.6) is 0 Å². The average Bonchev–Trinajstić information content (AvgIpc) is 2.46. The van der Waals surface area contributed by atoms with Gasteiger partial charge in [0.1, 0.15) is 4.90 Å². The van der Waals surface area contributed by atoms with Crippen LogP contribution in [0.1, 0.15) is 11.1 Å². The third-order valence-electron chi connectivity index (χ3n) is 3.26. The third kappa shape index (κ3) is 3.40. The van der Waals surface area contributed by atoms with Crippen molar-refractivity contribution >= 4 is 15.7 Å². The third-order valence-corrected chi connectivity index (χ3v) is 5.14. The zero-order valence-corrected chi connectivity index (χ0v) is 13.2. The molecule has 0 spiro atoms. The van der Waals surface area contributed by atoms with Crippen molar-refractivity contribution in [2.24, 2.45) is 0 Å². The largest absolute Gasteiger partial charge is 0.380 e. The fourth-order valence-electron chi connectivity index (χ4n) is 1.91. The van der Waals surface area contributed by atoms with Crippen molar-refractivity contribution in [2.75, 3.05) is 19.4 Å². The Morgan fingerprint density at radius 2 is 1.90 bits per heavy atom. The highest BCUT2D eigenvalue weighted by molar-refractivity contribution is 7.89. The van der Waals surface area contributed by atoms with Gasteiger partial charge >= 0.3 is 0 Å². The lowest BCUT2D eigenvalue weighted by Gasteiger charge is -2.16. The number of hydrogen-bond donors (Lipinski definition) is 1. The lowest BCUT2D eigenvalue weighted by Crippen LogP contribution is -2.23. The van der Waals surface area contributed by atoms with E-state index in [0.29, 0.717) is 12.2 Å². The van der Waals surface area contributed by atoms with Gasteiger partial charge in [-0.1, -0.05) is 12.1 Å². The van der Waals surface area contributed by atoms with Gasteiger partial charge in [0.05, 0.1) is 5.69 Å². The monoisotopic (exact) mass is 305 g/mol. The molecular formula is C15H19N3O2S. The summed E-state index contributed by atoms with van der Waals surface area (Å²) < 4.78 is 25.8. The molecule has 0 amide bonds. The Morgan fingerprint density at radius 1 is 1.19 bits per heavy atom. The second kappa shape index (κ2) is 6.24. The fourth-order valence-corrected chi connectivity index (χ4v) is 2.97. The highest BCUT2D eigenvalue weighted by atomic mass is 32.2. The molecule has 0 atom stereocenters. The van der Waals surface area contributed by atoms with Gasteiger partial charge in [0, 0.05) is 33.0 Å². The van der Waals surface area contributed by atoms with Crippen LogP contribution in [-0.4, -0.2) is 31.8 Å². The summed E-state index contributed by atoms with van der Waals surface area (Å²) in [5, 5.41) is 3.19. The fraction of sp³-hybridized carbons (Fsp3) is 0.267. The first-order chi connectivity index (χ1) is 9.93. The lowest BCUT2D eigenvalue weighted by atomic mass is 10.1. The standard InChI is InChI=1S/C15H19N3O2S/c1-12-8-9-16-10-13(12)11-17-14-6-4-5-7-15(14)21(19,20)18(2)3/h4-10,17H,11H2,1-3H3. The number of aryl methyl sites for hydroxylation is 1. The number of para-hydroxylation sites is 1. The minimum Gasteiger partial charge on any atom is -0.380 e. The van der Waals surface area contributed by atoms with Gasteiger partial charge in [-0.2, -0.15) is 0 Å². The van der Waals surface area contributed by atoms with Crippen molar-refractivity contribution in [3.63, 3.8) is 0 Å². The van der Waals surface area contributed by atoms with Crippen LogP contribution >= 0.6 is 0 Å². The molecule has 0 saturated heterocycles. The average molecular weight is 305 g/mol. The molecule has 112 valence electrons. The molecule has 1 aromatic carbocycles. The Kier molecular flexibility index (Phi) is 4.59. The van der Waals surface area contributed by atoms with Gasteiger partial charge in [-0.25, -0.2) is 12.7 Å². The molecule has 0 saturated carbocycles. The first-order valence-electron chi connectivity index (χ1n) is 6.58. The SMILES string of the molecule is Cc1ccncc1CNc1ccccc1S(=O)(=O)N(C)C. The summed E-state index contributed by atoms with van der Waals surface area (Å²) in [4.78, 5) is 4.37. The molecule has 0 aliphatic carbocycles. The number of hydrogen-bond acceptors (Lipinski definition) is 4. The van der Waals surface area contributed by atoms with E-state index < -0.39 is 10.0 Å². The topological polar surface area (TPSA) is 62.3 Å². The van der Waals surface area contributed by atoms with Gasteiger partial charge < -0.3 is 5.32 Å². The van der Waals surface area contributed by atoms with E-state index in [1.165, 1.54) is 18.4 Å². The summed E-state index contributed by atoms with van der Waals surface area (Å²) in [6, 6.07) is 8.83. The summed E-state index contributed by atoms with van der Waals surface area (Å²) in [7, 11) is -0.416. The Morgan fingerprint density at radius 3 is 2.57 bits per heavy atom. The van der Waals surface area contributed by atoms with E-state index in [-0.39, 0.29) is 4.90 Å². The molecule has 1 N–H and O–H groups in total. The second-order valence-electron chi connectivity index (χ2n) is 4.94. The number of nitrogens with one attached hydrogen (secondary N) is 1. The molecule has 21 heavy (non-hydrogen) atoms. The molecule has 0 aliphatic heterocycles. The maximum Gasteiger partial charge on any atom is 0.244 e. The lowest BCUT2D eigenvalue weighted by molar-refractivity contribution is 0.521. The number of aromatic nitrogens is 1. The molecule has 0 radical (unpaired) electrons. The van der Waals surface area contributed by atoms with Crippen LogP contribution in [0.3, 0.4) is 0 Å². The molecule has 5 nitrogen and oxygen atoms in total. The van der Waals surface area contributed by atoms with Crippen molar-refractivity contribution in [3.8, 4) is 0 Å². The van der Waals surface area contributed by atoms with Crippen molar-refractivity contribution in [2.45, 2.75) is 18.4 Å². The van der Waals surface area contributed by atoms with Crippen molar-refractivity contribution in [1.82, 2.24) is 9.29 Å². The van der Waals surface area contributed by atoms with Crippen LogP contribution in [0, 0.1) is 6.92 Å². The molecule has 0 bridgehead atoms. The first-order valence-corrected chi connectivity index (χ1v) is 8.02. The van der Waals surface area contributed by atoms with E-state index in [9.17, 15) is 8.42 Å². The minimum atomic E-state index is -3.47. The van der Waals surface area contributed by atoms with Crippen molar-refractivity contribution < 1.29 is 8.42 Å². The van der Waals surface area contributed by atoms with E-state index >= 15 is 0 Å². The minimum absolute atomic E-state index is 0.275. The summed E-state index contributed by atoms with van der Waals surface area (Å²) >= 11 is 0. The first kappa shape index (κ1) is 15.5. The van der Waals surface area contributed by atoms with Gasteiger partial charge in [-0.15, -0.1) is 0 Å². The van der Waals surface area contributed by atoms with Crippen LogP contribution in [-0.2, 0) is 16.6 Å². The molecule has 0 fully saturated rings. The number of rotatable bonds is 5. The maximum atomic E-state index is 12.3. The van der Waals surface area contributed by atoms with Crippen LogP contribution in [0.25, 0.3) is 0 Å². The Labute approximate surface area is 125 Å². The highest BCUT2D eigenvalue weighted by Crippen LogP contribution is 2.23. The summed E-state index contributed by atoms with van der Waals surface area (Å²) in [6.45, 7) is 2.53. The van der Waals surface area contributed by atoms with Crippen LogP contribution in [0.2, 0.25) is 0 Å². The quantitative estimate of drug-likeness (QED) is 0.920. The summed E-state index contributed by atoms with van der Waals surface area (Å²) in [6.07, 6.45) is 3.52. The Hall–Kier alpha value is -1.92. The second-order valence-corrected chi connectivity index (χ2v) is 7.06. The summed E-state index contributed by atoms with van der Waals surface area (Å²) in [5.41, 5.74) is 2.74. The molecule has 2 rings (SSSR count). The molecule has 6 heteroatoms. The molecule has 1 aromatic heterocycles. The van der Waals surface area contributed by atoms with E-state index in [2.05, 4.69) is 10.3 Å². The van der Waals surface area contributed by atoms with E-state index in [1.54, 1.807) is 30.6 Å². The number of nitrogens with zero attached hydrogens (tertiary/aromatic N) is 2. The molecule has 0 unspecified atom stereocenters. The Bertz CT molecular complexity index is 727. The van der Waals surface area contributed by atoms with Gasteiger partial charge in [0.25, 0.3) is 0 Å². The van der Waals surface area contributed by atoms with Gasteiger partial charge in [-0.3, -0.25) is 4.98 Å². The van der Waals surface area contributed by atoms with Crippen LogP contribution in [0.15, 0.2) is 47.6 Å². The number of sulfonamides is 1. The van der Waals surface area contributed by atoms with Gasteiger partial charge in [0.15, 0.2) is 0 Å². The highest BCUT2D eigenvalue weighted by Gasteiger charge is 2.20. The van der Waals surface area contributed by atoms with Crippen molar-refractivity contribution in [1.29, 1.82) is 0 Å². The predicted molar refractivity (Wildman–Crippen MR) is 83.6 cm³/mol.